The Kier molecular flexibility index (Phi) is 12.2. The van der Waals surface area contributed by atoms with E-state index >= 15 is 0 Å². The fourth-order valence-electron chi connectivity index (χ4n) is 2.49. The molecule has 0 aliphatic heterocycles. The Hall–Kier alpha value is -0.747. The molecule has 0 nitrogen and oxygen atoms in total. The van der Waals surface area contributed by atoms with Gasteiger partial charge in [0, 0.05) is 0 Å². The van der Waals surface area contributed by atoms with Gasteiger partial charge in [-0.05, 0) is 6.42 Å². The molecule has 0 saturated carbocycles. The largest absolute Gasteiger partial charge is 1.00 e. The molecule has 2 aromatic rings. The molecule has 0 heterocycles. The molecular weight excluding hydrogens is 426 g/mol. The molecular formula is C22H22Cl2Zr-2. The average Bonchev–Trinajstić information content (AvgIpc) is 3.17. The van der Waals surface area contributed by atoms with E-state index in [1.165, 1.54) is 31.0 Å². The molecule has 2 aromatic carbocycles. The Bertz CT molecular complexity index is 731. The average molecular weight is 449 g/mol. The van der Waals surface area contributed by atoms with Gasteiger partial charge in [-0.3, -0.25) is 6.08 Å². The predicted molar refractivity (Wildman–Crippen MR) is 96.2 cm³/mol. The molecule has 0 atom stereocenters. The van der Waals surface area contributed by atoms with Gasteiger partial charge in [0.15, 0.2) is 0 Å². The van der Waals surface area contributed by atoms with Crippen molar-refractivity contribution in [2.45, 2.75) is 33.6 Å². The number of aryl methyl sites for hydroxylation is 1. The van der Waals surface area contributed by atoms with E-state index in [4.69, 9.17) is 0 Å². The SMILES string of the molecule is C[C](C)=[Zr+2].Cc1c[c-]c2c(c1)-c1ccccc1C2.[C-]1=CC=CC1.[Cl-].[Cl-]. The third-order valence-corrected chi connectivity index (χ3v) is 3.43. The van der Waals surface area contributed by atoms with Crippen molar-refractivity contribution in [3.63, 3.8) is 0 Å². The molecule has 2 aliphatic rings. The van der Waals surface area contributed by atoms with Crippen molar-refractivity contribution in [3.05, 3.63) is 83.5 Å². The van der Waals surface area contributed by atoms with Gasteiger partial charge in [0.2, 0.25) is 0 Å². The van der Waals surface area contributed by atoms with Gasteiger partial charge in [-0.2, -0.15) is 35.4 Å². The predicted octanol–water partition coefficient (Wildman–Crippen LogP) is -0.574. The molecule has 130 valence electrons. The molecule has 0 radical (unpaired) electrons. The summed E-state index contributed by atoms with van der Waals surface area (Å²) in [5.41, 5.74) is 6.84. The van der Waals surface area contributed by atoms with E-state index in [2.05, 4.69) is 75.4 Å². The Morgan fingerprint density at radius 2 is 1.76 bits per heavy atom. The number of benzene rings is 2. The summed E-state index contributed by atoms with van der Waals surface area (Å²) in [7, 11) is 0. The summed E-state index contributed by atoms with van der Waals surface area (Å²) in [6.07, 6.45) is 11.0. The number of hydrogen-bond acceptors (Lipinski definition) is 0. The van der Waals surface area contributed by atoms with Gasteiger partial charge in [-0.25, -0.2) is 12.2 Å². The first kappa shape index (κ1) is 24.3. The zero-order chi connectivity index (χ0) is 16.7. The maximum atomic E-state index is 3.36. The monoisotopic (exact) mass is 446 g/mol. The summed E-state index contributed by atoms with van der Waals surface area (Å²) in [5.74, 6) is 0. The van der Waals surface area contributed by atoms with Crippen molar-refractivity contribution in [2.24, 2.45) is 0 Å². The van der Waals surface area contributed by atoms with Crippen LogP contribution in [0.5, 0.6) is 0 Å². The van der Waals surface area contributed by atoms with Crippen LogP contribution < -0.4 is 24.8 Å². The molecule has 0 N–H and O–H groups in total. The van der Waals surface area contributed by atoms with E-state index in [0.29, 0.717) is 0 Å². The van der Waals surface area contributed by atoms with Crippen molar-refractivity contribution in [3.8, 4) is 11.1 Å². The van der Waals surface area contributed by atoms with Crippen LogP contribution in [0.2, 0.25) is 0 Å². The van der Waals surface area contributed by atoms with E-state index in [9.17, 15) is 0 Å². The maximum Gasteiger partial charge on any atom is -0.0253 e. The molecule has 0 bridgehead atoms. The minimum atomic E-state index is 0. The van der Waals surface area contributed by atoms with Gasteiger partial charge in [0.25, 0.3) is 0 Å². The normalized spacial score (nSPS) is 11.6. The summed E-state index contributed by atoms with van der Waals surface area (Å²) in [5, 5.41) is 0. The van der Waals surface area contributed by atoms with Crippen molar-refractivity contribution in [1.29, 1.82) is 0 Å². The topological polar surface area (TPSA) is 0 Å². The van der Waals surface area contributed by atoms with Crippen molar-refractivity contribution in [1.82, 2.24) is 0 Å². The second-order valence-electron chi connectivity index (χ2n) is 5.91. The Morgan fingerprint density at radius 3 is 2.32 bits per heavy atom. The second kappa shape index (κ2) is 12.6. The first-order valence-corrected chi connectivity index (χ1v) is 9.14. The molecule has 3 heteroatoms. The Labute approximate surface area is 179 Å². The van der Waals surface area contributed by atoms with Crippen LogP contribution in [-0.2, 0) is 30.7 Å². The molecule has 0 aromatic heterocycles. The number of halogens is 2. The molecule has 0 saturated heterocycles. The van der Waals surface area contributed by atoms with E-state index < -0.39 is 0 Å². The number of allylic oxidation sites excluding steroid dienone is 4. The van der Waals surface area contributed by atoms with E-state index in [1.807, 2.05) is 12.2 Å². The molecule has 0 spiro atoms. The van der Waals surface area contributed by atoms with Crippen molar-refractivity contribution < 1.29 is 49.0 Å². The van der Waals surface area contributed by atoms with E-state index in [-0.39, 0.29) is 24.8 Å². The molecule has 2 aliphatic carbocycles. The van der Waals surface area contributed by atoms with Crippen molar-refractivity contribution in [2.75, 3.05) is 0 Å². The van der Waals surface area contributed by atoms with Crippen LogP contribution in [0.4, 0.5) is 0 Å². The standard InChI is InChI=1S/C14H11.C5H5.C3H6.2ClH.Zr/c1-10-6-7-12-9-11-4-2-3-5-13(11)14(12)8-10;1-2-4-5-3-1;1-3-2;;;/h2-6,8H,9H2,1H3;1-3H,4H2;1-2H3;2*1H;/q2*-1;;;;+2/p-2. The zero-order valence-electron chi connectivity index (χ0n) is 14.9. The number of rotatable bonds is 0. The Balaban J connectivity index is 0.000000443. The number of hydrogen-bond donors (Lipinski definition) is 0. The van der Waals surface area contributed by atoms with Crippen LogP contribution in [0.25, 0.3) is 11.1 Å². The molecule has 0 unspecified atom stereocenters. The second-order valence-corrected chi connectivity index (χ2v) is 8.36. The number of fused-ring (bicyclic) bond motifs is 3. The van der Waals surface area contributed by atoms with E-state index in [0.717, 1.165) is 12.8 Å². The smallest absolute Gasteiger partial charge is 0.0253 e. The van der Waals surface area contributed by atoms with Crippen LogP contribution in [-0.4, -0.2) is 3.21 Å². The fraction of sp³-hybridized carbons (Fsp3) is 0.227. The molecule has 4 rings (SSSR count). The van der Waals surface area contributed by atoms with Gasteiger partial charge in [-0.1, -0.05) is 42.3 Å². The summed E-state index contributed by atoms with van der Waals surface area (Å²) < 4.78 is 1.51. The first-order chi connectivity index (χ1) is 11.1. The summed E-state index contributed by atoms with van der Waals surface area (Å²) in [6.45, 7) is 6.37. The molecule has 0 amide bonds. The first-order valence-electron chi connectivity index (χ1n) is 7.91. The Morgan fingerprint density at radius 1 is 1.08 bits per heavy atom. The fourth-order valence-corrected chi connectivity index (χ4v) is 2.49. The van der Waals surface area contributed by atoms with Crippen molar-refractivity contribution >= 4 is 3.21 Å². The van der Waals surface area contributed by atoms with Gasteiger partial charge >= 0.3 is 41.3 Å². The van der Waals surface area contributed by atoms with Gasteiger partial charge < -0.3 is 24.8 Å². The minimum Gasteiger partial charge on any atom is -1.00 e. The third-order valence-electron chi connectivity index (χ3n) is 3.43. The van der Waals surface area contributed by atoms with Gasteiger partial charge in [-0.15, -0.1) is 12.0 Å². The zero-order valence-corrected chi connectivity index (χ0v) is 18.8. The van der Waals surface area contributed by atoms with Crippen LogP contribution in [0.15, 0.2) is 54.6 Å². The van der Waals surface area contributed by atoms with Crippen LogP contribution in [0.3, 0.4) is 0 Å². The third kappa shape index (κ3) is 7.99. The summed E-state index contributed by atoms with van der Waals surface area (Å²) in [4.78, 5) is 0. The minimum absolute atomic E-state index is 0. The molecule has 0 fully saturated rings. The van der Waals surface area contributed by atoms with Gasteiger partial charge in [0.1, 0.15) is 0 Å². The molecule has 25 heavy (non-hydrogen) atoms. The van der Waals surface area contributed by atoms with Crippen LogP contribution in [0.1, 0.15) is 37.0 Å². The summed E-state index contributed by atoms with van der Waals surface area (Å²) >= 11 is 1.55. The van der Waals surface area contributed by atoms with Gasteiger partial charge in [0.05, 0.1) is 0 Å². The van der Waals surface area contributed by atoms with Crippen LogP contribution >= 0.6 is 0 Å². The van der Waals surface area contributed by atoms with Crippen LogP contribution in [0, 0.1) is 19.1 Å². The summed E-state index contributed by atoms with van der Waals surface area (Å²) in [6, 6.07) is 16.3. The quantitative estimate of drug-likeness (QED) is 0.404. The van der Waals surface area contributed by atoms with E-state index in [1.54, 1.807) is 24.2 Å². The maximum absolute atomic E-state index is 3.36.